The quantitative estimate of drug-likeness (QED) is 0.267. The molecule has 0 bridgehead atoms. The molecule has 0 spiro atoms. The van der Waals surface area contributed by atoms with Gasteiger partial charge in [0, 0.05) is 5.41 Å². The summed E-state index contributed by atoms with van der Waals surface area (Å²) >= 11 is 0. The average molecular weight is 268 g/mol. The second kappa shape index (κ2) is 12.7. The lowest BCUT2D eigenvalue weighted by Gasteiger charge is -2.28. The molecular weight excluding hydrogens is 232 g/mol. The Morgan fingerprint density at radius 3 is 1.42 bits per heavy atom. The Balaban J connectivity index is 4.19. The molecule has 1 heteroatoms. The summed E-state index contributed by atoms with van der Waals surface area (Å²) in [6, 6.07) is 0. The third-order valence-corrected chi connectivity index (χ3v) is 4.33. The third kappa shape index (κ3) is 9.24. The van der Waals surface area contributed by atoms with Crippen LogP contribution in [0.1, 0.15) is 104 Å². The molecule has 0 atom stereocenters. The molecule has 0 aliphatic rings. The highest BCUT2D eigenvalue weighted by atomic mass is 16.1. The van der Waals surface area contributed by atoms with Crippen molar-refractivity contribution >= 4 is 6.29 Å². The molecule has 0 rings (SSSR count). The first-order chi connectivity index (χ1) is 9.24. The van der Waals surface area contributed by atoms with E-state index in [0.717, 1.165) is 19.3 Å². The van der Waals surface area contributed by atoms with E-state index in [0.29, 0.717) is 0 Å². The molecule has 0 saturated heterocycles. The fraction of sp³-hybridized carbons (Fsp3) is 0.944. The van der Waals surface area contributed by atoms with E-state index in [4.69, 9.17) is 0 Å². The average Bonchev–Trinajstić information content (AvgIpc) is 2.45. The maximum atomic E-state index is 11.7. The highest BCUT2D eigenvalue weighted by molar-refractivity contribution is 5.59. The number of rotatable bonds is 14. The SMILES string of the molecule is CCCCCCC(C=O)(CCCC)CCCCCC. The van der Waals surface area contributed by atoms with Crippen molar-refractivity contribution in [1.29, 1.82) is 0 Å². The Labute approximate surface area is 121 Å². The summed E-state index contributed by atoms with van der Waals surface area (Å²) in [4.78, 5) is 11.7. The zero-order valence-electron chi connectivity index (χ0n) is 13.7. The van der Waals surface area contributed by atoms with Gasteiger partial charge in [0.15, 0.2) is 0 Å². The number of carbonyl (C=O) groups is 1. The highest BCUT2D eigenvalue weighted by Gasteiger charge is 2.27. The minimum Gasteiger partial charge on any atom is -0.303 e. The van der Waals surface area contributed by atoms with E-state index in [1.807, 2.05) is 0 Å². The Morgan fingerprint density at radius 1 is 0.632 bits per heavy atom. The van der Waals surface area contributed by atoms with Gasteiger partial charge < -0.3 is 4.79 Å². The number of hydrogen-bond donors (Lipinski definition) is 0. The fourth-order valence-corrected chi connectivity index (χ4v) is 2.89. The third-order valence-electron chi connectivity index (χ3n) is 4.33. The summed E-state index contributed by atoms with van der Waals surface area (Å²) in [5.41, 5.74) is 0.0114. The standard InChI is InChI=1S/C18H36O/c1-4-7-10-12-15-18(17-19,14-9-6-3)16-13-11-8-5-2/h17H,4-16H2,1-3H3. The van der Waals surface area contributed by atoms with E-state index in [1.54, 1.807) is 0 Å². The van der Waals surface area contributed by atoms with Gasteiger partial charge in [0.05, 0.1) is 0 Å². The molecule has 0 aliphatic carbocycles. The van der Waals surface area contributed by atoms with Gasteiger partial charge in [-0.2, -0.15) is 0 Å². The fourth-order valence-electron chi connectivity index (χ4n) is 2.89. The molecule has 0 fully saturated rings. The molecule has 1 nitrogen and oxygen atoms in total. The van der Waals surface area contributed by atoms with Gasteiger partial charge in [0.25, 0.3) is 0 Å². The van der Waals surface area contributed by atoms with Crippen molar-refractivity contribution in [3.05, 3.63) is 0 Å². The molecule has 114 valence electrons. The van der Waals surface area contributed by atoms with Gasteiger partial charge in [-0.05, 0) is 19.3 Å². The molecule has 0 aromatic rings. The summed E-state index contributed by atoms with van der Waals surface area (Å²) < 4.78 is 0. The number of aldehydes is 1. The van der Waals surface area contributed by atoms with E-state index < -0.39 is 0 Å². The Bertz CT molecular complexity index is 186. The van der Waals surface area contributed by atoms with Crippen LogP contribution >= 0.6 is 0 Å². The predicted molar refractivity (Wildman–Crippen MR) is 85.5 cm³/mol. The molecule has 0 N–H and O–H groups in total. The van der Waals surface area contributed by atoms with Crippen LogP contribution in [0.15, 0.2) is 0 Å². The van der Waals surface area contributed by atoms with Crippen LogP contribution in [-0.4, -0.2) is 6.29 Å². The molecule has 0 aromatic carbocycles. The van der Waals surface area contributed by atoms with Crippen LogP contribution in [0.3, 0.4) is 0 Å². The zero-order chi connectivity index (χ0) is 14.4. The van der Waals surface area contributed by atoms with E-state index in [9.17, 15) is 4.79 Å². The number of unbranched alkanes of at least 4 members (excludes halogenated alkanes) is 7. The van der Waals surface area contributed by atoms with E-state index in [1.165, 1.54) is 70.5 Å². The molecular formula is C18H36O. The van der Waals surface area contributed by atoms with Crippen molar-refractivity contribution in [2.45, 2.75) is 104 Å². The summed E-state index contributed by atoms with van der Waals surface area (Å²) in [6.45, 7) is 6.72. The van der Waals surface area contributed by atoms with Crippen LogP contribution in [0.4, 0.5) is 0 Å². The monoisotopic (exact) mass is 268 g/mol. The van der Waals surface area contributed by atoms with Crippen molar-refractivity contribution in [2.75, 3.05) is 0 Å². The smallest absolute Gasteiger partial charge is 0.126 e. The van der Waals surface area contributed by atoms with Crippen LogP contribution in [0.2, 0.25) is 0 Å². The van der Waals surface area contributed by atoms with Crippen LogP contribution in [-0.2, 0) is 4.79 Å². The lowest BCUT2D eigenvalue weighted by molar-refractivity contribution is -0.117. The summed E-state index contributed by atoms with van der Waals surface area (Å²) in [5, 5.41) is 0. The molecule has 0 radical (unpaired) electrons. The maximum Gasteiger partial charge on any atom is 0.126 e. The first-order valence-electron chi connectivity index (χ1n) is 8.71. The van der Waals surface area contributed by atoms with Gasteiger partial charge in [-0.25, -0.2) is 0 Å². The Morgan fingerprint density at radius 2 is 1.05 bits per heavy atom. The normalized spacial score (nSPS) is 11.7. The lowest BCUT2D eigenvalue weighted by Crippen LogP contribution is -2.23. The minimum atomic E-state index is 0.0114. The topological polar surface area (TPSA) is 17.1 Å². The number of hydrogen-bond acceptors (Lipinski definition) is 1. The second-order valence-corrected chi connectivity index (χ2v) is 6.21. The highest BCUT2D eigenvalue weighted by Crippen LogP contribution is 2.35. The van der Waals surface area contributed by atoms with Gasteiger partial charge in [-0.3, -0.25) is 0 Å². The van der Waals surface area contributed by atoms with Gasteiger partial charge >= 0.3 is 0 Å². The Hall–Kier alpha value is -0.330. The first-order valence-corrected chi connectivity index (χ1v) is 8.71. The second-order valence-electron chi connectivity index (χ2n) is 6.21. The molecule has 0 aromatic heterocycles. The molecule has 19 heavy (non-hydrogen) atoms. The van der Waals surface area contributed by atoms with Crippen LogP contribution in [0.25, 0.3) is 0 Å². The van der Waals surface area contributed by atoms with E-state index in [-0.39, 0.29) is 5.41 Å². The van der Waals surface area contributed by atoms with Crippen molar-refractivity contribution < 1.29 is 4.79 Å². The Kier molecular flexibility index (Phi) is 12.5. The van der Waals surface area contributed by atoms with Crippen molar-refractivity contribution in [3.8, 4) is 0 Å². The van der Waals surface area contributed by atoms with Crippen LogP contribution in [0.5, 0.6) is 0 Å². The first kappa shape index (κ1) is 18.7. The van der Waals surface area contributed by atoms with Crippen LogP contribution in [0, 0.1) is 5.41 Å². The van der Waals surface area contributed by atoms with Gasteiger partial charge in [-0.15, -0.1) is 0 Å². The van der Waals surface area contributed by atoms with Crippen molar-refractivity contribution in [1.82, 2.24) is 0 Å². The summed E-state index contributed by atoms with van der Waals surface area (Å²) in [7, 11) is 0. The lowest BCUT2D eigenvalue weighted by atomic mass is 9.75. The van der Waals surface area contributed by atoms with E-state index in [2.05, 4.69) is 20.8 Å². The van der Waals surface area contributed by atoms with Gasteiger partial charge in [-0.1, -0.05) is 85.0 Å². The van der Waals surface area contributed by atoms with Gasteiger partial charge in [0.1, 0.15) is 6.29 Å². The summed E-state index contributed by atoms with van der Waals surface area (Å²) in [6.07, 6.45) is 17.4. The van der Waals surface area contributed by atoms with E-state index >= 15 is 0 Å². The molecule has 0 saturated carbocycles. The minimum absolute atomic E-state index is 0.0114. The van der Waals surface area contributed by atoms with Crippen molar-refractivity contribution in [2.24, 2.45) is 5.41 Å². The van der Waals surface area contributed by atoms with Crippen LogP contribution < -0.4 is 0 Å². The predicted octanol–water partition coefficient (Wildman–Crippen LogP) is 6.30. The molecule has 0 heterocycles. The largest absolute Gasteiger partial charge is 0.303 e. The maximum absolute atomic E-state index is 11.7. The zero-order valence-corrected chi connectivity index (χ0v) is 13.7. The van der Waals surface area contributed by atoms with Crippen molar-refractivity contribution in [3.63, 3.8) is 0 Å². The molecule has 0 unspecified atom stereocenters. The summed E-state index contributed by atoms with van der Waals surface area (Å²) in [5.74, 6) is 0. The number of carbonyl (C=O) groups excluding carboxylic acids is 1. The molecule has 0 amide bonds. The molecule has 0 aliphatic heterocycles. The van der Waals surface area contributed by atoms with Gasteiger partial charge in [0.2, 0.25) is 0 Å².